The topological polar surface area (TPSA) is 12.0 Å². The monoisotopic (exact) mass is 259 g/mol. The van der Waals surface area contributed by atoms with Crippen molar-refractivity contribution in [2.45, 2.75) is 65.5 Å². The van der Waals surface area contributed by atoms with Gasteiger partial charge in [0.2, 0.25) is 0 Å². The van der Waals surface area contributed by atoms with Crippen molar-refractivity contribution in [3.8, 4) is 0 Å². The van der Waals surface area contributed by atoms with Crippen molar-refractivity contribution in [3.63, 3.8) is 0 Å². The molecular weight excluding hydrogens is 230 g/mol. The average molecular weight is 259 g/mol. The van der Waals surface area contributed by atoms with Crippen molar-refractivity contribution in [1.29, 1.82) is 0 Å². The molecule has 0 aliphatic carbocycles. The minimum atomic E-state index is 0.104. The van der Waals surface area contributed by atoms with E-state index in [1.807, 2.05) is 0 Å². The van der Waals surface area contributed by atoms with Crippen LogP contribution >= 0.6 is 0 Å². The molecule has 0 heterocycles. The number of hydrogen-bond acceptors (Lipinski definition) is 1. The molecule has 0 saturated carbocycles. The summed E-state index contributed by atoms with van der Waals surface area (Å²) >= 11 is 0. The van der Waals surface area contributed by atoms with Gasteiger partial charge in [0, 0.05) is 5.54 Å². The van der Waals surface area contributed by atoms with Crippen molar-refractivity contribution in [2.24, 2.45) is 0 Å². The minimum Gasteiger partial charge on any atom is -0.302 e. The summed E-state index contributed by atoms with van der Waals surface area (Å²) in [5.41, 5.74) is 3.02. The Bertz CT molecular complexity index is 412. The van der Waals surface area contributed by atoms with E-state index in [1.165, 1.54) is 11.1 Å². The van der Waals surface area contributed by atoms with Crippen molar-refractivity contribution in [3.05, 3.63) is 47.5 Å². The van der Waals surface area contributed by atoms with Gasteiger partial charge in [-0.2, -0.15) is 0 Å². The van der Waals surface area contributed by atoms with Crippen LogP contribution in [0.5, 0.6) is 0 Å². The van der Waals surface area contributed by atoms with Crippen molar-refractivity contribution in [1.82, 2.24) is 5.32 Å². The van der Waals surface area contributed by atoms with E-state index in [1.54, 1.807) is 0 Å². The average Bonchev–Trinajstić information content (AvgIpc) is 2.26. The van der Waals surface area contributed by atoms with Gasteiger partial charge in [-0.05, 0) is 44.2 Å². The molecule has 0 saturated heterocycles. The third kappa shape index (κ3) is 5.20. The zero-order chi connectivity index (χ0) is 14.7. The summed E-state index contributed by atoms with van der Waals surface area (Å²) in [6, 6.07) is 9.25. The minimum absolute atomic E-state index is 0.104. The normalized spacial score (nSPS) is 14.9. The van der Waals surface area contributed by atoms with Crippen LogP contribution in [0.1, 0.15) is 65.6 Å². The molecule has 1 nitrogen and oxygen atoms in total. The fraction of sp³-hybridized carbons (Fsp3) is 0.556. The van der Waals surface area contributed by atoms with Crippen molar-refractivity contribution < 1.29 is 0 Å². The Labute approximate surface area is 119 Å². The van der Waals surface area contributed by atoms with E-state index in [0.29, 0.717) is 0 Å². The summed E-state index contributed by atoms with van der Waals surface area (Å²) in [5, 5.41) is 3.64. The second kappa shape index (κ2) is 5.92. The summed E-state index contributed by atoms with van der Waals surface area (Å²) in [6.07, 6.45) is 4.33. The Morgan fingerprint density at radius 2 is 1.47 bits per heavy atom. The molecule has 0 spiro atoms. The van der Waals surface area contributed by atoms with Crippen LogP contribution in [0.2, 0.25) is 0 Å². The maximum absolute atomic E-state index is 3.64. The number of hydrogen-bond donors (Lipinski definition) is 1. The van der Waals surface area contributed by atoms with Gasteiger partial charge in [-0.1, -0.05) is 57.2 Å². The van der Waals surface area contributed by atoms with Crippen molar-refractivity contribution >= 4 is 0 Å². The van der Waals surface area contributed by atoms with E-state index in [4.69, 9.17) is 0 Å². The van der Waals surface area contributed by atoms with Gasteiger partial charge >= 0.3 is 0 Å². The Kier molecular flexibility index (Phi) is 4.98. The van der Waals surface area contributed by atoms with Crippen LogP contribution in [0.3, 0.4) is 0 Å². The van der Waals surface area contributed by atoms with Crippen molar-refractivity contribution in [2.75, 3.05) is 0 Å². The molecule has 0 fully saturated rings. The maximum atomic E-state index is 3.64. The molecular formula is C18H29N. The van der Waals surface area contributed by atoms with Crippen LogP contribution < -0.4 is 5.32 Å². The molecule has 0 amide bonds. The lowest BCUT2D eigenvalue weighted by Gasteiger charge is -2.28. The first-order valence-corrected chi connectivity index (χ1v) is 7.14. The molecule has 1 heteroatoms. The highest BCUT2D eigenvalue weighted by Gasteiger charge is 2.18. The van der Waals surface area contributed by atoms with E-state index in [0.717, 1.165) is 0 Å². The highest BCUT2D eigenvalue weighted by Crippen LogP contribution is 2.25. The second-order valence-corrected chi connectivity index (χ2v) is 7.27. The van der Waals surface area contributed by atoms with E-state index < -0.39 is 0 Å². The molecule has 0 aliphatic rings. The van der Waals surface area contributed by atoms with E-state index in [9.17, 15) is 0 Å². The van der Waals surface area contributed by atoms with Crippen LogP contribution in [0.15, 0.2) is 36.4 Å². The number of benzene rings is 1. The fourth-order valence-electron chi connectivity index (χ4n) is 2.09. The third-order valence-corrected chi connectivity index (χ3v) is 3.11. The Balaban J connectivity index is 2.98. The quantitative estimate of drug-likeness (QED) is 0.754. The lowest BCUT2D eigenvalue weighted by Crippen LogP contribution is -2.38. The summed E-state index contributed by atoms with van der Waals surface area (Å²) in [5.74, 6) is 0. The van der Waals surface area contributed by atoms with E-state index in [-0.39, 0.29) is 17.0 Å². The van der Waals surface area contributed by atoms with Gasteiger partial charge in [-0.15, -0.1) is 0 Å². The third-order valence-electron chi connectivity index (χ3n) is 3.11. The Morgan fingerprint density at radius 1 is 0.947 bits per heavy atom. The van der Waals surface area contributed by atoms with Gasteiger partial charge in [0.15, 0.2) is 0 Å². The summed E-state index contributed by atoms with van der Waals surface area (Å²) < 4.78 is 0. The van der Waals surface area contributed by atoms with E-state index >= 15 is 0 Å². The summed E-state index contributed by atoms with van der Waals surface area (Å²) in [4.78, 5) is 0. The van der Waals surface area contributed by atoms with Crippen LogP contribution in [-0.4, -0.2) is 5.54 Å². The van der Waals surface area contributed by atoms with Gasteiger partial charge in [-0.3, -0.25) is 0 Å². The first-order valence-electron chi connectivity index (χ1n) is 7.14. The molecule has 0 unspecified atom stereocenters. The SMILES string of the molecule is C/C=C\[C@H](NC(C)(C)C)c1ccc(C(C)(C)C)cc1. The van der Waals surface area contributed by atoms with Gasteiger partial charge in [-0.25, -0.2) is 0 Å². The predicted octanol–water partition coefficient (Wildman–Crippen LogP) is 4.99. The fourth-order valence-corrected chi connectivity index (χ4v) is 2.09. The molecule has 0 bridgehead atoms. The van der Waals surface area contributed by atoms with Gasteiger partial charge in [0.05, 0.1) is 6.04 Å². The Morgan fingerprint density at radius 3 is 1.84 bits per heavy atom. The molecule has 0 radical (unpaired) electrons. The van der Waals surface area contributed by atoms with E-state index in [2.05, 4.69) is 90.2 Å². The molecule has 0 aliphatic heterocycles. The molecule has 1 aromatic carbocycles. The predicted molar refractivity (Wildman–Crippen MR) is 85.6 cm³/mol. The van der Waals surface area contributed by atoms with Gasteiger partial charge in [0.1, 0.15) is 0 Å². The second-order valence-electron chi connectivity index (χ2n) is 7.27. The summed E-state index contributed by atoms with van der Waals surface area (Å²) in [7, 11) is 0. The van der Waals surface area contributed by atoms with Crippen LogP contribution in [0.4, 0.5) is 0 Å². The van der Waals surface area contributed by atoms with Crippen LogP contribution in [0, 0.1) is 0 Å². The molecule has 106 valence electrons. The molecule has 0 aromatic heterocycles. The first-order chi connectivity index (χ1) is 8.63. The number of allylic oxidation sites excluding steroid dienone is 1. The first kappa shape index (κ1) is 16.0. The Hall–Kier alpha value is -1.08. The largest absolute Gasteiger partial charge is 0.302 e. The smallest absolute Gasteiger partial charge is 0.0510 e. The zero-order valence-electron chi connectivity index (χ0n) is 13.5. The maximum Gasteiger partial charge on any atom is 0.0510 e. The lowest BCUT2D eigenvalue weighted by atomic mass is 9.86. The zero-order valence-corrected chi connectivity index (χ0v) is 13.5. The number of rotatable bonds is 3. The highest BCUT2D eigenvalue weighted by molar-refractivity contribution is 5.31. The summed E-state index contributed by atoms with van der Waals surface area (Å²) in [6.45, 7) is 15.4. The lowest BCUT2D eigenvalue weighted by molar-refractivity contribution is 0.396. The molecule has 1 aromatic rings. The molecule has 1 rings (SSSR count). The number of nitrogens with one attached hydrogen (secondary N) is 1. The van der Waals surface area contributed by atoms with Crippen LogP contribution in [-0.2, 0) is 5.41 Å². The highest BCUT2D eigenvalue weighted by atomic mass is 15.0. The van der Waals surface area contributed by atoms with Gasteiger partial charge in [0.25, 0.3) is 0 Å². The molecule has 1 N–H and O–H groups in total. The molecule has 19 heavy (non-hydrogen) atoms. The van der Waals surface area contributed by atoms with Crippen LogP contribution in [0.25, 0.3) is 0 Å². The van der Waals surface area contributed by atoms with Gasteiger partial charge < -0.3 is 5.32 Å². The standard InChI is InChI=1S/C18H29N/c1-8-9-16(19-18(5,6)7)14-10-12-15(13-11-14)17(2,3)4/h8-13,16,19H,1-7H3/b9-8-/t16-/m0/s1. The molecule has 1 atom stereocenters.